The van der Waals surface area contributed by atoms with Crippen LogP contribution in [-0.4, -0.2) is 38.2 Å². The molecular formula is C23H25N7O2S. The van der Waals surface area contributed by atoms with E-state index in [0.29, 0.717) is 29.9 Å². The summed E-state index contributed by atoms with van der Waals surface area (Å²) in [4.78, 5) is 37.1. The summed E-state index contributed by atoms with van der Waals surface area (Å²) in [6, 6.07) is 15.6. The van der Waals surface area contributed by atoms with E-state index in [0.717, 1.165) is 23.0 Å². The molecule has 0 fully saturated rings. The zero-order valence-electron chi connectivity index (χ0n) is 18.2. The van der Waals surface area contributed by atoms with Gasteiger partial charge in [-0.25, -0.2) is 9.97 Å². The number of aromatic amines is 1. The number of rotatable bonds is 9. The van der Waals surface area contributed by atoms with Gasteiger partial charge in [0, 0.05) is 13.1 Å². The first-order valence-electron chi connectivity index (χ1n) is 10.5. The third-order valence-electron chi connectivity index (χ3n) is 5.12. The number of imidazole rings is 1. The average molecular weight is 464 g/mol. The molecule has 4 rings (SSSR count). The minimum atomic E-state index is -0.278. The smallest absolute Gasteiger partial charge is 0.278 e. The molecule has 0 spiro atoms. The summed E-state index contributed by atoms with van der Waals surface area (Å²) in [5, 5.41) is 6.49. The van der Waals surface area contributed by atoms with Crippen molar-refractivity contribution in [3.05, 3.63) is 76.2 Å². The van der Waals surface area contributed by atoms with Crippen LogP contribution in [0.1, 0.15) is 11.1 Å². The van der Waals surface area contributed by atoms with Crippen molar-refractivity contribution in [2.24, 2.45) is 0 Å². The van der Waals surface area contributed by atoms with Gasteiger partial charge in [-0.05, 0) is 35.9 Å². The van der Waals surface area contributed by atoms with Crippen LogP contribution in [0.15, 0.2) is 64.7 Å². The standard InChI is InChI=1S/C23H25N7O2S/c1-33-23-27-13-19(25-10-9-15-5-3-2-4-6-15)21(32)30(23)14-20(31)26-12-16-7-8-17-18(11-16)29-22(24)28-17/h2-8,11,13,25H,9-10,12,14H2,1H3,(H,26,31)(H3,24,28,29). The first-order valence-corrected chi connectivity index (χ1v) is 11.7. The maximum absolute atomic E-state index is 13.0. The second-order valence-electron chi connectivity index (χ2n) is 7.46. The zero-order valence-corrected chi connectivity index (χ0v) is 19.0. The number of fused-ring (bicyclic) bond motifs is 1. The fraction of sp³-hybridized carbons (Fsp3) is 0.217. The molecule has 0 radical (unpaired) electrons. The van der Waals surface area contributed by atoms with Crippen LogP contribution in [0.4, 0.5) is 11.6 Å². The van der Waals surface area contributed by atoms with Gasteiger partial charge in [-0.15, -0.1) is 0 Å². The molecule has 0 aliphatic carbocycles. The number of thioether (sulfide) groups is 1. The number of benzene rings is 2. The molecule has 33 heavy (non-hydrogen) atoms. The molecular weight excluding hydrogens is 438 g/mol. The molecule has 0 aliphatic rings. The molecule has 9 nitrogen and oxygen atoms in total. The van der Waals surface area contributed by atoms with Gasteiger partial charge in [0.15, 0.2) is 11.1 Å². The highest BCUT2D eigenvalue weighted by atomic mass is 32.2. The lowest BCUT2D eigenvalue weighted by Gasteiger charge is -2.13. The number of aromatic nitrogens is 4. The molecule has 10 heteroatoms. The number of hydrogen-bond donors (Lipinski definition) is 4. The molecule has 170 valence electrons. The van der Waals surface area contributed by atoms with Crippen molar-refractivity contribution in [3.8, 4) is 0 Å². The Morgan fingerprint density at radius 2 is 2.00 bits per heavy atom. The van der Waals surface area contributed by atoms with E-state index < -0.39 is 0 Å². The normalized spacial score (nSPS) is 10.9. The molecule has 0 saturated carbocycles. The van der Waals surface area contributed by atoms with Crippen LogP contribution >= 0.6 is 11.8 Å². The molecule has 2 aromatic carbocycles. The second-order valence-corrected chi connectivity index (χ2v) is 8.24. The van der Waals surface area contributed by atoms with E-state index in [1.807, 2.05) is 54.8 Å². The first-order chi connectivity index (χ1) is 16.0. The number of nitrogens with zero attached hydrogens (tertiary/aromatic N) is 3. The van der Waals surface area contributed by atoms with Gasteiger partial charge >= 0.3 is 0 Å². The van der Waals surface area contributed by atoms with Crippen molar-refractivity contribution in [2.45, 2.75) is 24.7 Å². The third-order valence-corrected chi connectivity index (χ3v) is 5.81. The fourth-order valence-corrected chi connectivity index (χ4v) is 4.00. The van der Waals surface area contributed by atoms with Crippen LogP contribution in [0.2, 0.25) is 0 Å². The Hall–Kier alpha value is -3.79. The van der Waals surface area contributed by atoms with Gasteiger partial charge in [0.05, 0.1) is 17.2 Å². The van der Waals surface area contributed by atoms with Crippen LogP contribution in [0.3, 0.4) is 0 Å². The van der Waals surface area contributed by atoms with Crippen LogP contribution in [0, 0.1) is 0 Å². The van der Waals surface area contributed by atoms with E-state index in [1.165, 1.54) is 28.1 Å². The van der Waals surface area contributed by atoms with Crippen molar-refractivity contribution in [1.29, 1.82) is 0 Å². The van der Waals surface area contributed by atoms with Gasteiger partial charge in [0.2, 0.25) is 5.91 Å². The Morgan fingerprint density at radius 1 is 1.18 bits per heavy atom. The maximum Gasteiger partial charge on any atom is 0.278 e. The number of carbonyl (C=O) groups is 1. The Morgan fingerprint density at radius 3 is 2.79 bits per heavy atom. The number of nitrogen functional groups attached to an aromatic ring is 1. The van der Waals surface area contributed by atoms with Crippen LogP contribution in [-0.2, 0) is 24.3 Å². The van der Waals surface area contributed by atoms with Crippen LogP contribution < -0.4 is 21.9 Å². The fourth-order valence-electron chi connectivity index (χ4n) is 3.47. The summed E-state index contributed by atoms with van der Waals surface area (Å²) >= 11 is 1.32. The topological polar surface area (TPSA) is 131 Å². The van der Waals surface area contributed by atoms with E-state index >= 15 is 0 Å². The van der Waals surface area contributed by atoms with E-state index in [9.17, 15) is 9.59 Å². The zero-order chi connectivity index (χ0) is 23.2. The molecule has 2 aromatic heterocycles. The molecule has 5 N–H and O–H groups in total. The van der Waals surface area contributed by atoms with E-state index in [2.05, 4.69) is 25.6 Å². The highest BCUT2D eigenvalue weighted by Gasteiger charge is 2.13. The summed E-state index contributed by atoms with van der Waals surface area (Å²) in [6.07, 6.45) is 4.13. The van der Waals surface area contributed by atoms with Gasteiger partial charge in [0.25, 0.3) is 5.56 Å². The third kappa shape index (κ3) is 5.53. The summed E-state index contributed by atoms with van der Waals surface area (Å²) < 4.78 is 1.39. The second kappa shape index (κ2) is 10.2. The molecule has 0 atom stereocenters. The SMILES string of the molecule is CSc1ncc(NCCc2ccccc2)c(=O)n1CC(=O)NCc1ccc2nc(N)[nH]c2c1. The number of hydrogen-bond acceptors (Lipinski definition) is 7. The number of carbonyl (C=O) groups excluding carboxylic acids is 1. The number of amides is 1. The lowest BCUT2D eigenvalue weighted by molar-refractivity contribution is -0.122. The average Bonchev–Trinajstić information content (AvgIpc) is 3.20. The molecule has 0 bridgehead atoms. The summed E-state index contributed by atoms with van der Waals surface area (Å²) in [6.45, 7) is 0.793. The number of nitrogens with two attached hydrogens (primary N) is 1. The van der Waals surface area contributed by atoms with Gasteiger partial charge in [-0.2, -0.15) is 0 Å². The molecule has 0 aliphatic heterocycles. The minimum Gasteiger partial charge on any atom is -0.379 e. The monoisotopic (exact) mass is 463 g/mol. The maximum atomic E-state index is 13.0. The lowest BCUT2D eigenvalue weighted by Crippen LogP contribution is -2.34. The molecule has 1 amide bonds. The summed E-state index contributed by atoms with van der Waals surface area (Å²) in [5.74, 6) is 0.0692. The predicted molar refractivity (Wildman–Crippen MR) is 131 cm³/mol. The Bertz CT molecular complexity index is 1320. The number of H-pyrrole nitrogens is 1. The van der Waals surface area contributed by atoms with Crippen molar-refractivity contribution in [1.82, 2.24) is 24.8 Å². The number of anilines is 2. The van der Waals surface area contributed by atoms with E-state index in [4.69, 9.17) is 5.73 Å². The molecule has 4 aromatic rings. The lowest BCUT2D eigenvalue weighted by atomic mass is 10.1. The minimum absolute atomic E-state index is 0.116. The van der Waals surface area contributed by atoms with E-state index in [-0.39, 0.29) is 18.0 Å². The Labute approximate surface area is 194 Å². The highest BCUT2D eigenvalue weighted by molar-refractivity contribution is 7.98. The van der Waals surface area contributed by atoms with Gasteiger partial charge < -0.3 is 21.4 Å². The summed E-state index contributed by atoms with van der Waals surface area (Å²) in [5.41, 5.74) is 9.42. The van der Waals surface area contributed by atoms with Gasteiger partial charge in [-0.1, -0.05) is 48.2 Å². The molecule has 0 saturated heterocycles. The highest BCUT2D eigenvalue weighted by Crippen LogP contribution is 2.15. The van der Waals surface area contributed by atoms with Crippen molar-refractivity contribution in [3.63, 3.8) is 0 Å². The molecule has 0 unspecified atom stereocenters. The van der Waals surface area contributed by atoms with Crippen LogP contribution in [0.5, 0.6) is 0 Å². The summed E-state index contributed by atoms with van der Waals surface area (Å²) in [7, 11) is 0. The van der Waals surface area contributed by atoms with E-state index in [1.54, 1.807) is 0 Å². The van der Waals surface area contributed by atoms with Gasteiger partial charge in [-0.3, -0.25) is 14.2 Å². The van der Waals surface area contributed by atoms with Crippen molar-refractivity contribution >= 4 is 40.3 Å². The largest absolute Gasteiger partial charge is 0.379 e. The van der Waals surface area contributed by atoms with Crippen molar-refractivity contribution < 1.29 is 4.79 Å². The molecule has 2 heterocycles. The van der Waals surface area contributed by atoms with Crippen LogP contribution in [0.25, 0.3) is 11.0 Å². The number of nitrogens with one attached hydrogen (secondary N) is 3. The van der Waals surface area contributed by atoms with Crippen molar-refractivity contribution in [2.75, 3.05) is 23.9 Å². The quantitative estimate of drug-likeness (QED) is 0.221. The predicted octanol–water partition coefficient (Wildman–Crippen LogP) is 2.39. The Kier molecular flexibility index (Phi) is 6.94. The Balaban J connectivity index is 1.40. The van der Waals surface area contributed by atoms with Gasteiger partial charge in [0.1, 0.15) is 12.2 Å². The first kappa shape index (κ1) is 22.4.